The van der Waals surface area contributed by atoms with Crippen molar-refractivity contribution in [3.05, 3.63) is 63.0 Å². The highest BCUT2D eigenvalue weighted by Gasteiger charge is 2.34. The summed E-state index contributed by atoms with van der Waals surface area (Å²) in [4.78, 5) is 12.4. The van der Waals surface area contributed by atoms with Crippen molar-refractivity contribution in [2.45, 2.75) is 9.96 Å². The van der Waals surface area contributed by atoms with E-state index in [1.165, 1.54) is 0 Å². The van der Waals surface area contributed by atoms with Crippen molar-refractivity contribution in [2.75, 3.05) is 5.32 Å². The van der Waals surface area contributed by atoms with Gasteiger partial charge in [0.15, 0.2) is 5.11 Å². The van der Waals surface area contributed by atoms with Crippen LogP contribution in [0.3, 0.4) is 0 Å². The van der Waals surface area contributed by atoms with Crippen LogP contribution in [0.15, 0.2) is 57.5 Å². The highest BCUT2D eigenvalue weighted by atomic mass is 79.9. The van der Waals surface area contributed by atoms with Crippen LogP contribution in [0.25, 0.3) is 0 Å². The Morgan fingerprint density at radius 3 is 2.23 bits per heavy atom. The molecule has 3 N–H and O–H groups in total. The maximum Gasteiger partial charge on any atom is 0.252 e. The van der Waals surface area contributed by atoms with E-state index in [0.717, 1.165) is 14.6 Å². The standard InChI is InChI=1S/C16H12Br2Cl3N3OS/c17-10-6-4-9(5-7-10)13(25)23-14(16(19,20)21)24-15(26)22-12-3-1-2-11(18)8-12/h1-8,14H,(H,23,25)(H2,22,24,26)/t14-/m0/s1. The molecule has 0 radical (unpaired) electrons. The average Bonchev–Trinajstić information content (AvgIpc) is 2.53. The summed E-state index contributed by atoms with van der Waals surface area (Å²) < 4.78 is -0.0927. The summed E-state index contributed by atoms with van der Waals surface area (Å²) in [6.45, 7) is 0. The average molecular weight is 561 g/mol. The molecule has 0 unspecified atom stereocenters. The Morgan fingerprint density at radius 2 is 1.65 bits per heavy atom. The Bertz CT molecular complexity index is 800. The smallest absolute Gasteiger partial charge is 0.252 e. The van der Waals surface area contributed by atoms with Gasteiger partial charge in [-0.2, -0.15) is 0 Å². The first-order chi connectivity index (χ1) is 12.1. The molecule has 2 rings (SSSR count). The van der Waals surface area contributed by atoms with Gasteiger partial charge in [0, 0.05) is 20.2 Å². The second-order valence-electron chi connectivity index (χ2n) is 5.06. The molecule has 0 saturated carbocycles. The molecule has 138 valence electrons. The number of hydrogen-bond donors (Lipinski definition) is 3. The van der Waals surface area contributed by atoms with Gasteiger partial charge in [0.1, 0.15) is 6.17 Å². The number of nitrogens with one attached hydrogen (secondary N) is 3. The van der Waals surface area contributed by atoms with Crippen LogP contribution >= 0.6 is 78.9 Å². The van der Waals surface area contributed by atoms with E-state index in [0.29, 0.717) is 5.56 Å². The summed E-state index contributed by atoms with van der Waals surface area (Å²) in [6.07, 6.45) is -1.05. The molecule has 26 heavy (non-hydrogen) atoms. The molecule has 0 bridgehead atoms. The van der Waals surface area contributed by atoms with Crippen LogP contribution < -0.4 is 16.0 Å². The van der Waals surface area contributed by atoms with Gasteiger partial charge >= 0.3 is 0 Å². The number of anilines is 1. The lowest BCUT2D eigenvalue weighted by Gasteiger charge is -2.27. The maximum absolute atomic E-state index is 12.4. The zero-order valence-electron chi connectivity index (χ0n) is 12.9. The van der Waals surface area contributed by atoms with Gasteiger partial charge < -0.3 is 16.0 Å². The van der Waals surface area contributed by atoms with Crippen molar-refractivity contribution in [3.63, 3.8) is 0 Å². The molecular formula is C16H12Br2Cl3N3OS. The van der Waals surface area contributed by atoms with E-state index in [1.54, 1.807) is 24.3 Å². The molecule has 1 atom stereocenters. The Morgan fingerprint density at radius 1 is 1.00 bits per heavy atom. The van der Waals surface area contributed by atoms with E-state index in [4.69, 9.17) is 47.0 Å². The van der Waals surface area contributed by atoms with Gasteiger partial charge in [0.2, 0.25) is 3.79 Å². The highest BCUT2D eigenvalue weighted by molar-refractivity contribution is 9.10. The minimum atomic E-state index is -1.83. The molecule has 0 aliphatic rings. The lowest BCUT2D eigenvalue weighted by molar-refractivity contribution is 0.0934. The third-order valence-electron chi connectivity index (χ3n) is 3.07. The Hall–Kier alpha value is -0.570. The number of hydrogen-bond acceptors (Lipinski definition) is 2. The first-order valence-corrected chi connectivity index (χ1v) is 10.2. The van der Waals surface area contributed by atoms with E-state index in [2.05, 4.69) is 47.8 Å². The summed E-state index contributed by atoms with van der Waals surface area (Å²) in [5.74, 6) is -0.411. The van der Waals surface area contributed by atoms with Crippen molar-refractivity contribution in [1.82, 2.24) is 10.6 Å². The topological polar surface area (TPSA) is 53.2 Å². The molecule has 0 fully saturated rings. The number of carbonyl (C=O) groups is 1. The number of thiocarbonyl (C=S) groups is 1. The molecule has 0 aliphatic heterocycles. The molecule has 0 heterocycles. The molecule has 0 aliphatic carbocycles. The zero-order chi connectivity index (χ0) is 19.3. The molecule has 4 nitrogen and oxygen atoms in total. The Kier molecular flexibility index (Phi) is 8.00. The fourth-order valence-corrected chi connectivity index (χ4v) is 3.11. The first kappa shape index (κ1) is 21.7. The summed E-state index contributed by atoms with van der Waals surface area (Å²) in [6, 6.07) is 14.2. The van der Waals surface area contributed by atoms with Gasteiger partial charge in [0.25, 0.3) is 5.91 Å². The van der Waals surface area contributed by atoms with Gasteiger partial charge in [-0.15, -0.1) is 0 Å². The van der Waals surface area contributed by atoms with E-state index in [9.17, 15) is 4.79 Å². The third kappa shape index (κ3) is 6.87. The van der Waals surface area contributed by atoms with Gasteiger partial charge in [0.05, 0.1) is 0 Å². The quantitative estimate of drug-likeness (QED) is 0.258. The van der Waals surface area contributed by atoms with Gasteiger partial charge in [-0.3, -0.25) is 4.79 Å². The largest absolute Gasteiger partial charge is 0.339 e. The molecule has 10 heteroatoms. The van der Waals surface area contributed by atoms with Gasteiger partial charge in [-0.25, -0.2) is 0 Å². The highest BCUT2D eigenvalue weighted by Crippen LogP contribution is 2.29. The number of benzene rings is 2. The lowest BCUT2D eigenvalue weighted by Crippen LogP contribution is -2.56. The van der Waals surface area contributed by atoms with Crippen molar-refractivity contribution in [2.24, 2.45) is 0 Å². The molecule has 2 aromatic rings. The third-order valence-corrected chi connectivity index (χ3v) is 4.96. The molecule has 0 saturated heterocycles. The van der Waals surface area contributed by atoms with E-state index >= 15 is 0 Å². The van der Waals surface area contributed by atoms with E-state index < -0.39 is 15.9 Å². The van der Waals surface area contributed by atoms with Crippen LogP contribution in [-0.2, 0) is 0 Å². The number of carbonyl (C=O) groups excluding carboxylic acids is 1. The zero-order valence-corrected chi connectivity index (χ0v) is 19.2. The van der Waals surface area contributed by atoms with Crippen LogP contribution in [0.5, 0.6) is 0 Å². The van der Waals surface area contributed by atoms with Crippen LogP contribution in [0.1, 0.15) is 10.4 Å². The predicted molar refractivity (Wildman–Crippen MR) is 119 cm³/mol. The number of alkyl halides is 3. The Balaban J connectivity index is 2.06. The SMILES string of the molecule is O=C(N[C@@H](NC(=S)Nc1cccc(Br)c1)C(Cl)(Cl)Cl)c1ccc(Br)cc1. The molecule has 2 aromatic carbocycles. The van der Waals surface area contributed by atoms with Crippen LogP contribution in [0.2, 0.25) is 0 Å². The number of amides is 1. The Labute approximate surface area is 188 Å². The summed E-state index contributed by atoms with van der Waals surface area (Å²) >= 11 is 29.9. The van der Waals surface area contributed by atoms with Crippen molar-refractivity contribution < 1.29 is 4.79 Å². The minimum absolute atomic E-state index is 0.190. The molecule has 0 aromatic heterocycles. The molecule has 1 amide bonds. The predicted octanol–water partition coefficient (Wildman–Crippen LogP) is 5.62. The fourth-order valence-electron chi connectivity index (χ4n) is 1.88. The van der Waals surface area contributed by atoms with Crippen LogP contribution in [-0.4, -0.2) is 21.0 Å². The summed E-state index contributed by atoms with van der Waals surface area (Å²) in [7, 11) is 0. The molecule has 0 spiro atoms. The molecular weight excluding hydrogens is 548 g/mol. The van der Waals surface area contributed by atoms with Crippen molar-refractivity contribution >= 4 is 95.6 Å². The fraction of sp³-hybridized carbons (Fsp3) is 0.125. The lowest BCUT2D eigenvalue weighted by atomic mass is 10.2. The maximum atomic E-state index is 12.4. The van der Waals surface area contributed by atoms with E-state index in [-0.39, 0.29) is 5.11 Å². The monoisotopic (exact) mass is 557 g/mol. The van der Waals surface area contributed by atoms with Crippen LogP contribution in [0.4, 0.5) is 5.69 Å². The van der Waals surface area contributed by atoms with Gasteiger partial charge in [-0.05, 0) is 54.7 Å². The van der Waals surface area contributed by atoms with Crippen LogP contribution in [0, 0.1) is 0 Å². The summed E-state index contributed by atoms with van der Waals surface area (Å²) in [5.41, 5.74) is 1.15. The number of halogens is 5. The van der Waals surface area contributed by atoms with Crippen molar-refractivity contribution in [3.8, 4) is 0 Å². The van der Waals surface area contributed by atoms with Gasteiger partial charge in [-0.1, -0.05) is 72.7 Å². The van der Waals surface area contributed by atoms with Crippen molar-refractivity contribution in [1.29, 1.82) is 0 Å². The second-order valence-corrected chi connectivity index (χ2v) is 9.67. The van der Waals surface area contributed by atoms with E-state index in [1.807, 2.05) is 24.3 Å². The normalized spacial score (nSPS) is 12.2. The first-order valence-electron chi connectivity index (χ1n) is 7.11. The summed E-state index contributed by atoms with van der Waals surface area (Å²) in [5, 5.41) is 8.58. The second kappa shape index (κ2) is 9.57. The minimum Gasteiger partial charge on any atom is -0.339 e. The number of rotatable bonds is 4.